The maximum absolute atomic E-state index is 6.27. The van der Waals surface area contributed by atoms with Crippen LogP contribution in [0, 0.1) is 6.92 Å². The van der Waals surface area contributed by atoms with E-state index in [4.69, 9.17) is 4.74 Å². The normalized spacial score (nSPS) is 15.6. The largest absolute Gasteiger partial charge is 0.457 e. The minimum Gasteiger partial charge on any atom is -0.457 e. The fourth-order valence-electron chi connectivity index (χ4n) is 3.93. The van der Waals surface area contributed by atoms with Crippen molar-refractivity contribution in [1.82, 2.24) is 4.90 Å². The lowest BCUT2D eigenvalue weighted by atomic mass is 9.91. The van der Waals surface area contributed by atoms with Gasteiger partial charge >= 0.3 is 0 Å². The number of likely N-dealkylation sites (N-methyl/N-ethyl adjacent to an activating group) is 1. The zero-order valence-corrected chi connectivity index (χ0v) is 16.2. The van der Waals surface area contributed by atoms with Gasteiger partial charge in [0.1, 0.15) is 11.5 Å². The molecule has 2 heteroatoms. The lowest BCUT2D eigenvalue weighted by molar-refractivity contribution is 0.458. The van der Waals surface area contributed by atoms with Crippen LogP contribution in [0.2, 0.25) is 0 Å². The van der Waals surface area contributed by atoms with Crippen molar-refractivity contribution in [1.29, 1.82) is 0 Å². The molecule has 4 rings (SSSR count). The molecule has 26 heavy (non-hydrogen) atoms. The molecule has 2 nitrogen and oxygen atoms in total. The third-order valence-electron chi connectivity index (χ3n) is 5.36. The molecule has 0 saturated carbocycles. The van der Waals surface area contributed by atoms with Crippen molar-refractivity contribution < 1.29 is 4.74 Å². The first-order valence-corrected chi connectivity index (χ1v) is 9.58. The molecule has 0 bridgehead atoms. The topological polar surface area (TPSA) is 12.5 Å². The van der Waals surface area contributed by atoms with E-state index in [1.165, 1.54) is 39.1 Å². The molecule has 2 aliphatic heterocycles. The van der Waals surface area contributed by atoms with E-state index in [1.807, 2.05) is 0 Å². The van der Waals surface area contributed by atoms with Gasteiger partial charge < -0.3 is 9.64 Å². The van der Waals surface area contributed by atoms with E-state index < -0.39 is 0 Å². The molecule has 0 aromatic heterocycles. The van der Waals surface area contributed by atoms with Crippen molar-refractivity contribution in [2.45, 2.75) is 40.0 Å². The predicted molar refractivity (Wildman–Crippen MR) is 109 cm³/mol. The molecule has 0 atom stereocenters. The summed E-state index contributed by atoms with van der Waals surface area (Å²) in [6, 6.07) is 11.1. The first-order chi connectivity index (χ1) is 12.5. The number of rotatable bonds is 3. The summed E-state index contributed by atoms with van der Waals surface area (Å²) in [6.07, 6.45) is 7.74. The number of benzene rings is 2. The second-order valence-electron chi connectivity index (χ2n) is 7.62. The molecular formula is C24H27NO. The summed E-state index contributed by atoms with van der Waals surface area (Å²) in [7, 11) is 2.18. The van der Waals surface area contributed by atoms with Crippen molar-refractivity contribution in [2.24, 2.45) is 0 Å². The maximum atomic E-state index is 6.27. The molecule has 2 aromatic carbocycles. The second-order valence-corrected chi connectivity index (χ2v) is 7.62. The summed E-state index contributed by atoms with van der Waals surface area (Å²) in [5.41, 5.74) is 9.28. The average Bonchev–Trinajstić information content (AvgIpc) is 2.62. The molecule has 0 amide bonds. The van der Waals surface area contributed by atoms with E-state index in [-0.39, 0.29) is 0 Å². The van der Waals surface area contributed by atoms with Crippen LogP contribution in [-0.2, 0) is 12.8 Å². The molecule has 0 aliphatic carbocycles. The van der Waals surface area contributed by atoms with Crippen LogP contribution in [0.1, 0.15) is 48.1 Å². The Morgan fingerprint density at radius 1 is 1.04 bits per heavy atom. The summed E-state index contributed by atoms with van der Waals surface area (Å²) >= 11 is 0. The van der Waals surface area contributed by atoms with Gasteiger partial charge in [-0.05, 0) is 61.2 Å². The number of hydrogen-bond acceptors (Lipinski definition) is 2. The van der Waals surface area contributed by atoms with E-state index in [1.54, 1.807) is 0 Å². The fourth-order valence-corrected chi connectivity index (χ4v) is 3.93. The van der Waals surface area contributed by atoms with Crippen molar-refractivity contribution in [3.05, 3.63) is 75.9 Å². The first-order valence-electron chi connectivity index (χ1n) is 9.58. The minimum atomic E-state index is 0.942. The highest BCUT2D eigenvalue weighted by atomic mass is 16.5. The van der Waals surface area contributed by atoms with Crippen LogP contribution >= 0.6 is 0 Å². The molecule has 0 saturated heterocycles. The summed E-state index contributed by atoms with van der Waals surface area (Å²) in [6.45, 7) is 7.54. The molecular weight excluding hydrogens is 318 g/mol. The quantitative estimate of drug-likeness (QED) is 0.588. The average molecular weight is 345 g/mol. The summed E-state index contributed by atoms with van der Waals surface area (Å²) < 4.78 is 6.27. The Balaban J connectivity index is 1.81. The Kier molecular flexibility index (Phi) is 4.36. The molecule has 0 unspecified atom stereocenters. The van der Waals surface area contributed by atoms with E-state index in [0.29, 0.717) is 0 Å². The number of ether oxygens (including phenoxy) is 1. The van der Waals surface area contributed by atoms with E-state index in [0.717, 1.165) is 37.3 Å². The Morgan fingerprint density at radius 2 is 1.85 bits per heavy atom. The molecule has 0 fully saturated rings. The van der Waals surface area contributed by atoms with Crippen LogP contribution in [0.5, 0.6) is 11.5 Å². The highest BCUT2D eigenvalue weighted by Gasteiger charge is 2.22. The van der Waals surface area contributed by atoms with Gasteiger partial charge in [0, 0.05) is 31.3 Å². The lowest BCUT2D eigenvalue weighted by Gasteiger charge is -2.29. The van der Waals surface area contributed by atoms with Gasteiger partial charge in [-0.25, -0.2) is 0 Å². The van der Waals surface area contributed by atoms with Gasteiger partial charge in [-0.15, -0.1) is 0 Å². The second kappa shape index (κ2) is 6.68. The SMILES string of the molecule is CCCc1cc2c(cc1C1=CC(C)=CCN1C)Cc1cc(C)ccc1O2. The van der Waals surface area contributed by atoms with Crippen LogP contribution < -0.4 is 4.74 Å². The van der Waals surface area contributed by atoms with Gasteiger partial charge in [0.2, 0.25) is 0 Å². The predicted octanol–water partition coefficient (Wildman–Crippen LogP) is 5.88. The third-order valence-corrected chi connectivity index (χ3v) is 5.36. The minimum absolute atomic E-state index is 0.942. The number of allylic oxidation sites excluding steroid dienone is 2. The standard InChI is InChI=1S/C24H27NO/c1-5-6-18-15-24-20(13-19-11-16(2)7-8-23(19)26-24)14-21(18)22-12-17(3)9-10-25(22)4/h7-9,11-12,14-15H,5-6,10,13H2,1-4H3. The number of fused-ring (bicyclic) bond motifs is 2. The third kappa shape index (κ3) is 3.05. The van der Waals surface area contributed by atoms with Gasteiger partial charge in [-0.2, -0.15) is 0 Å². The maximum Gasteiger partial charge on any atom is 0.131 e. The number of hydrogen-bond donors (Lipinski definition) is 0. The van der Waals surface area contributed by atoms with Gasteiger partial charge in [0.25, 0.3) is 0 Å². The summed E-state index contributed by atoms with van der Waals surface area (Å²) in [5.74, 6) is 2.03. The zero-order chi connectivity index (χ0) is 18.3. The Labute approximate surface area is 156 Å². The van der Waals surface area contributed by atoms with Crippen LogP contribution in [0.3, 0.4) is 0 Å². The van der Waals surface area contributed by atoms with Crippen molar-refractivity contribution in [3.63, 3.8) is 0 Å². The highest BCUT2D eigenvalue weighted by molar-refractivity contribution is 5.73. The highest BCUT2D eigenvalue weighted by Crippen LogP contribution is 2.40. The summed E-state index contributed by atoms with van der Waals surface area (Å²) in [5, 5.41) is 0. The molecule has 2 heterocycles. The monoisotopic (exact) mass is 345 g/mol. The van der Waals surface area contributed by atoms with Gasteiger partial charge in [-0.1, -0.05) is 42.7 Å². The van der Waals surface area contributed by atoms with Crippen molar-refractivity contribution in [2.75, 3.05) is 13.6 Å². The van der Waals surface area contributed by atoms with Gasteiger partial charge in [-0.3, -0.25) is 0 Å². The van der Waals surface area contributed by atoms with E-state index in [2.05, 4.69) is 75.2 Å². The van der Waals surface area contributed by atoms with Crippen LogP contribution in [0.15, 0.2) is 48.1 Å². The smallest absolute Gasteiger partial charge is 0.131 e. The molecule has 2 aromatic rings. The van der Waals surface area contributed by atoms with E-state index in [9.17, 15) is 0 Å². The number of aryl methyl sites for hydroxylation is 2. The molecule has 0 N–H and O–H groups in total. The van der Waals surface area contributed by atoms with Crippen LogP contribution in [0.4, 0.5) is 0 Å². The zero-order valence-electron chi connectivity index (χ0n) is 16.2. The Morgan fingerprint density at radius 3 is 2.65 bits per heavy atom. The lowest BCUT2D eigenvalue weighted by Crippen LogP contribution is -2.21. The number of nitrogens with zero attached hydrogens (tertiary/aromatic N) is 1. The molecule has 2 aliphatic rings. The Hall–Kier alpha value is -2.48. The van der Waals surface area contributed by atoms with Crippen molar-refractivity contribution in [3.8, 4) is 11.5 Å². The summed E-state index contributed by atoms with van der Waals surface area (Å²) in [4.78, 5) is 2.34. The Bertz CT molecular complexity index is 920. The fraction of sp³-hybridized carbons (Fsp3) is 0.333. The molecule has 0 spiro atoms. The van der Waals surface area contributed by atoms with E-state index >= 15 is 0 Å². The van der Waals surface area contributed by atoms with Gasteiger partial charge in [0.15, 0.2) is 0 Å². The van der Waals surface area contributed by atoms with Crippen molar-refractivity contribution >= 4 is 5.70 Å². The van der Waals surface area contributed by atoms with Crippen LogP contribution in [0.25, 0.3) is 5.70 Å². The molecule has 0 radical (unpaired) electrons. The van der Waals surface area contributed by atoms with Gasteiger partial charge in [0.05, 0.1) is 0 Å². The first kappa shape index (κ1) is 17.0. The van der Waals surface area contributed by atoms with Crippen LogP contribution in [-0.4, -0.2) is 18.5 Å². The molecule has 134 valence electrons.